The average molecular weight is 850 g/mol. The zero-order valence-corrected chi connectivity index (χ0v) is 33.2. The van der Waals surface area contributed by atoms with Crippen molar-refractivity contribution < 1.29 is 21.5 Å². The van der Waals surface area contributed by atoms with Gasteiger partial charge in [0.15, 0.2) is 0 Å². The Morgan fingerprint density at radius 2 is 1.51 bits per heavy atom. The number of fused-ring (bicyclic) bond motifs is 6. The van der Waals surface area contributed by atoms with Gasteiger partial charge in [-0.1, -0.05) is 98.0 Å². The van der Waals surface area contributed by atoms with Gasteiger partial charge < -0.3 is 9.97 Å². The van der Waals surface area contributed by atoms with E-state index in [0.29, 0.717) is 0 Å². The van der Waals surface area contributed by atoms with Crippen molar-refractivity contribution in [3.63, 3.8) is 0 Å². The Labute approximate surface area is 310 Å². The van der Waals surface area contributed by atoms with Gasteiger partial charge in [-0.25, -0.2) is 0 Å². The van der Waals surface area contributed by atoms with E-state index in [1.54, 1.807) is 0 Å². The molecule has 0 atom stereocenters. The van der Waals surface area contributed by atoms with Gasteiger partial charge in [0.25, 0.3) is 0 Å². The molecule has 0 amide bonds. The molecule has 0 unspecified atom stereocenters. The van der Waals surface area contributed by atoms with E-state index in [2.05, 4.69) is 122 Å². The maximum Gasteiger partial charge on any atom is 0.0798 e. The third-order valence-corrected chi connectivity index (χ3v) is 12.4. The molecule has 0 aliphatic carbocycles. The minimum Gasteiger partial charge on any atom is -0.305 e. The van der Waals surface area contributed by atoms with Crippen molar-refractivity contribution in [2.24, 2.45) is 0 Å². The molecule has 8 aromatic rings. The monoisotopic (exact) mass is 850 g/mol. The number of benzene rings is 5. The van der Waals surface area contributed by atoms with Crippen LogP contribution in [0.3, 0.4) is 0 Å². The number of pyridine rings is 2. The summed E-state index contributed by atoms with van der Waals surface area (Å²) in [7, 11) is -1.27. The Morgan fingerprint density at radius 3 is 2.24 bits per heavy atom. The van der Waals surface area contributed by atoms with Crippen molar-refractivity contribution in [2.45, 2.75) is 53.2 Å². The molecule has 0 spiro atoms. The smallest absolute Gasteiger partial charge is 0.0798 e. The van der Waals surface area contributed by atoms with Gasteiger partial charge in [-0.05, 0) is 86.1 Å². The molecule has 247 valence electrons. The van der Waals surface area contributed by atoms with Crippen LogP contribution in [0.25, 0.3) is 64.2 Å². The molecule has 3 heterocycles. The minimum atomic E-state index is -1.27. The second-order valence-corrected chi connectivity index (χ2v) is 20.0. The van der Waals surface area contributed by atoms with Gasteiger partial charge in [0.2, 0.25) is 0 Å². The summed E-state index contributed by atoms with van der Waals surface area (Å²) in [6.07, 6.45) is 3.86. The molecule has 0 aliphatic heterocycles. The fourth-order valence-electron chi connectivity index (χ4n) is 6.50. The number of aryl methyl sites for hydroxylation is 2. The van der Waals surface area contributed by atoms with Crippen LogP contribution in [0.1, 0.15) is 37.8 Å². The van der Waals surface area contributed by atoms with Crippen molar-refractivity contribution in [1.82, 2.24) is 9.97 Å². The first-order chi connectivity index (χ1) is 23.4. The van der Waals surface area contributed by atoms with Crippen LogP contribution in [0.15, 0.2) is 109 Å². The van der Waals surface area contributed by atoms with Crippen molar-refractivity contribution in [3.8, 4) is 22.5 Å². The number of aromatic nitrogens is 2. The van der Waals surface area contributed by atoms with E-state index in [0.717, 1.165) is 28.1 Å². The molecule has 3 aromatic heterocycles. The van der Waals surface area contributed by atoms with Gasteiger partial charge in [0, 0.05) is 38.6 Å². The summed E-state index contributed by atoms with van der Waals surface area (Å²) in [5.74, 6) is -0.665. The quantitative estimate of drug-likeness (QED) is 0.100. The normalized spacial score (nSPS) is 12.1. The molecule has 0 N–H and O–H groups in total. The summed E-state index contributed by atoms with van der Waals surface area (Å²) >= 11 is 1.82. The van der Waals surface area contributed by atoms with Crippen molar-refractivity contribution in [1.29, 1.82) is 0 Å². The van der Waals surface area contributed by atoms with Crippen molar-refractivity contribution >= 4 is 66.3 Å². The van der Waals surface area contributed by atoms with Gasteiger partial charge >= 0.3 is 0 Å². The number of nitrogens with zero attached hydrogens (tertiary/aromatic N) is 2. The van der Waals surface area contributed by atoms with Crippen LogP contribution in [0.4, 0.5) is 0 Å². The topological polar surface area (TPSA) is 25.8 Å². The van der Waals surface area contributed by atoms with Crippen LogP contribution in [0, 0.1) is 26.0 Å². The molecule has 0 saturated heterocycles. The van der Waals surface area contributed by atoms with E-state index < -0.39 is 14.0 Å². The molecule has 49 heavy (non-hydrogen) atoms. The summed E-state index contributed by atoms with van der Waals surface area (Å²) in [6, 6.07) is 40.7. The molecule has 0 aliphatic rings. The number of rotatable bonds is 4. The summed E-state index contributed by atoms with van der Waals surface area (Å²) in [5.41, 5.74) is 7.57. The first-order valence-electron chi connectivity index (χ1n) is 17.0. The summed E-state index contributed by atoms with van der Waals surface area (Å²) in [6.45, 7) is 15.2. The van der Waals surface area contributed by atoms with E-state index in [9.17, 15) is 0 Å². The molecule has 5 aromatic carbocycles. The van der Waals surface area contributed by atoms with E-state index in [-0.39, 0.29) is 20.1 Å². The van der Waals surface area contributed by atoms with Crippen molar-refractivity contribution in [3.05, 3.63) is 138 Å². The third-order valence-electron chi connectivity index (χ3n) is 9.02. The van der Waals surface area contributed by atoms with E-state index in [1.165, 1.54) is 58.0 Å². The second kappa shape index (κ2) is 14.1. The Bertz CT molecular complexity index is 2490. The zero-order chi connectivity index (χ0) is 34.5. The molecular weight excluding hydrogens is 809 g/mol. The molecule has 0 fully saturated rings. The third kappa shape index (κ3) is 7.04. The molecule has 0 bridgehead atoms. The Hall–Kier alpha value is -3.99. The Kier molecular flexibility index (Phi) is 9.63. The summed E-state index contributed by atoms with van der Waals surface area (Å²) in [5, 5.41) is 9.07. The van der Waals surface area contributed by atoms with Crippen LogP contribution in [0.2, 0.25) is 19.6 Å². The molecule has 8 rings (SSSR count). The molecule has 5 heteroatoms. The fourth-order valence-corrected chi connectivity index (χ4v) is 9.54. The number of thiophene rings is 1. The number of hydrogen-bond acceptors (Lipinski definition) is 3. The van der Waals surface area contributed by atoms with Crippen LogP contribution < -0.4 is 5.19 Å². The summed E-state index contributed by atoms with van der Waals surface area (Å²) < 4.78 is 10.9. The number of hydrogen-bond donors (Lipinski definition) is 0. The first kappa shape index (κ1) is 33.5. The Morgan fingerprint density at radius 1 is 0.714 bits per heavy atom. The van der Waals surface area contributed by atoms with Crippen LogP contribution in [0.5, 0.6) is 0 Å². The first-order valence-corrected chi connectivity index (χ1v) is 20.8. The van der Waals surface area contributed by atoms with E-state index >= 15 is 0 Å². The fraction of sp³-hybridized carbons (Fsp3) is 0.182. The predicted molar refractivity (Wildman–Crippen MR) is 211 cm³/mol. The Balaban J connectivity index is 0.000000204. The van der Waals surface area contributed by atoms with Gasteiger partial charge in [-0.2, -0.15) is 11.3 Å². The zero-order valence-electron chi connectivity index (χ0n) is 30.0. The SMILES string of the molecule is Cc1cc(-c2[c-]cccc2)ncc1[Si](C)(C)C.[2H]C(C)(C)c1ccnc(-c2[c-]ccc3c2sc2c4cc5ccc(C)cc5cc4ccc32)c1.[Ir]. The van der Waals surface area contributed by atoms with Gasteiger partial charge in [-0.15, -0.1) is 59.7 Å². The molecule has 0 saturated carbocycles. The van der Waals surface area contributed by atoms with Crippen LogP contribution >= 0.6 is 11.3 Å². The van der Waals surface area contributed by atoms with Gasteiger partial charge in [0.05, 0.1) is 8.07 Å². The average Bonchev–Trinajstić information content (AvgIpc) is 3.47. The van der Waals surface area contributed by atoms with Crippen molar-refractivity contribution in [2.75, 3.05) is 0 Å². The summed E-state index contributed by atoms with van der Waals surface area (Å²) in [4.78, 5) is 9.23. The molecular formula is C44H40IrN2SSi-2. The predicted octanol–water partition coefficient (Wildman–Crippen LogP) is 12.1. The molecule has 1 radical (unpaired) electrons. The minimum absolute atomic E-state index is 0. The van der Waals surface area contributed by atoms with Crippen LogP contribution in [-0.4, -0.2) is 18.0 Å². The van der Waals surface area contributed by atoms with Gasteiger partial charge in [0.1, 0.15) is 0 Å². The van der Waals surface area contributed by atoms with E-state index in [1.807, 2.05) is 67.8 Å². The standard InChI is InChI=1S/C29H22NS.C15H18NSi.Ir/c1-17(2)19-11-12-30-27(16-19)25-6-4-5-23-24-10-9-21-14-22-13-18(3)7-8-20(22)15-26(21)29(24)31-28(23)25;1-12-10-14(13-8-6-5-7-9-13)16-11-15(12)17(2,3)4;/h4-5,7-17H,1-3H3;5-8,10-11H,1-4H3;/q2*-1;/i17D;;. The molecule has 2 nitrogen and oxygen atoms in total. The second-order valence-electron chi connectivity index (χ2n) is 13.9. The maximum atomic E-state index is 8.42. The van der Waals surface area contributed by atoms with E-state index in [4.69, 9.17) is 1.37 Å². The largest absolute Gasteiger partial charge is 0.305 e. The van der Waals surface area contributed by atoms with Crippen LogP contribution in [-0.2, 0) is 20.1 Å². The van der Waals surface area contributed by atoms with Gasteiger partial charge in [-0.3, -0.25) is 0 Å². The maximum absolute atomic E-state index is 8.42.